The van der Waals surface area contributed by atoms with Crippen LogP contribution in [0.15, 0.2) is 18.7 Å². The van der Waals surface area contributed by atoms with E-state index in [0.29, 0.717) is 6.54 Å². The van der Waals surface area contributed by atoms with Gasteiger partial charge in [-0.2, -0.15) is 0 Å². The Morgan fingerprint density at radius 2 is 2.47 bits per heavy atom. The predicted octanol–water partition coefficient (Wildman–Crippen LogP) is 0.284. The van der Waals surface area contributed by atoms with Gasteiger partial charge in [0, 0.05) is 31.5 Å². The highest BCUT2D eigenvalue weighted by atomic mass is 16.5. The van der Waals surface area contributed by atoms with Crippen molar-refractivity contribution in [3.05, 3.63) is 18.7 Å². The van der Waals surface area contributed by atoms with Gasteiger partial charge in [-0.05, 0) is 26.2 Å². The molecule has 0 aromatic carbocycles. The lowest BCUT2D eigenvalue weighted by Crippen LogP contribution is -2.38. The fourth-order valence-corrected chi connectivity index (χ4v) is 2.25. The molecule has 2 heterocycles. The Morgan fingerprint density at radius 1 is 1.63 bits per heavy atom. The smallest absolute Gasteiger partial charge is 0.249 e. The van der Waals surface area contributed by atoms with Crippen LogP contribution in [-0.4, -0.2) is 40.3 Å². The van der Waals surface area contributed by atoms with Gasteiger partial charge < -0.3 is 20.4 Å². The van der Waals surface area contributed by atoms with E-state index in [0.717, 1.165) is 25.8 Å². The molecule has 0 spiro atoms. The molecule has 1 aromatic heterocycles. The molecular weight excluding hydrogens is 244 g/mol. The Balaban J connectivity index is 1.62. The summed E-state index contributed by atoms with van der Waals surface area (Å²) < 4.78 is 7.63. The molecule has 1 saturated heterocycles. The highest BCUT2D eigenvalue weighted by Gasteiger charge is 2.32. The molecule has 2 rings (SSSR count). The highest BCUT2D eigenvalue weighted by molar-refractivity contribution is 5.80. The summed E-state index contributed by atoms with van der Waals surface area (Å²) in [4.78, 5) is 15.8. The molecule has 1 aliphatic heterocycles. The molecule has 0 radical (unpaired) electrons. The number of imidazole rings is 1. The van der Waals surface area contributed by atoms with Gasteiger partial charge in [0.1, 0.15) is 6.10 Å². The lowest BCUT2D eigenvalue weighted by Gasteiger charge is -2.16. The Bertz CT molecular complexity index is 391. The Morgan fingerprint density at radius 3 is 3.11 bits per heavy atom. The van der Waals surface area contributed by atoms with Crippen LogP contribution in [0.4, 0.5) is 0 Å². The normalized spacial score (nSPS) is 24.3. The maximum Gasteiger partial charge on any atom is 0.249 e. The number of aryl methyl sites for hydroxylation is 1. The zero-order valence-corrected chi connectivity index (χ0v) is 11.3. The second-order valence-corrected chi connectivity index (χ2v) is 5.04. The Kier molecular flexibility index (Phi) is 4.93. The van der Waals surface area contributed by atoms with Gasteiger partial charge in [0.25, 0.3) is 0 Å². The van der Waals surface area contributed by atoms with Gasteiger partial charge in [-0.3, -0.25) is 4.79 Å². The minimum absolute atomic E-state index is 0.0148. The van der Waals surface area contributed by atoms with E-state index in [2.05, 4.69) is 10.3 Å². The summed E-state index contributed by atoms with van der Waals surface area (Å²) in [6.07, 6.45) is 7.63. The van der Waals surface area contributed by atoms with Crippen molar-refractivity contribution in [2.24, 2.45) is 5.73 Å². The fourth-order valence-electron chi connectivity index (χ4n) is 2.25. The lowest BCUT2D eigenvalue weighted by molar-refractivity contribution is -0.132. The molecule has 0 saturated carbocycles. The summed E-state index contributed by atoms with van der Waals surface area (Å²) in [5.41, 5.74) is 5.77. The molecular formula is C13H22N4O2. The van der Waals surface area contributed by atoms with Crippen molar-refractivity contribution in [2.75, 3.05) is 6.54 Å². The van der Waals surface area contributed by atoms with E-state index in [1.165, 1.54) is 0 Å². The maximum atomic E-state index is 11.9. The average Bonchev–Trinajstić information content (AvgIpc) is 3.05. The molecule has 1 aromatic rings. The van der Waals surface area contributed by atoms with Crippen molar-refractivity contribution >= 4 is 5.91 Å². The van der Waals surface area contributed by atoms with E-state index in [1.807, 2.05) is 17.7 Å². The predicted molar refractivity (Wildman–Crippen MR) is 71.4 cm³/mol. The van der Waals surface area contributed by atoms with Crippen molar-refractivity contribution in [2.45, 2.75) is 51.0 Å². The van der Waals surface area contributed by atoms with Gasteiger partial charge >= 0.3 is 0 Å². The zero-order valence-electron chi connectivity index (χ0n) is 11.3. The van der Waals surface area contributed by atoms with Crippen molar-refractivity contribution < 1.29 is 9.53 Å². The first-order chi connectivity index (χ1) is 9.16. The molecule has 1 aliphatic rings. The molecule has 3 atom stereocenters. The highest BCUT2D eigenvalue weighted by Crippen LogP contribution is 2.21. The van der Waals surface area contributed by atoms with Crippen LogP contribution in [0, 0.1) is 0 Å². The quantitative estimate of drug-likeness (QED) is 0.725. The molecule has 0 aliphatic carbocycles. The number of hydrogen-bond acceptors (Lipinski definition) is 4. The molecule has 0 unspecified atom stereocenters. The van der Waals surface area contributed by atoms with Gasteiger partial charge in [-0.25, -0.2) is 4.98 Å². The third-order valence-electron chi connectivity index (χ3n) is 3.38. The van der Waals surface area contributed by atoms with E-state index >= 15 is 0 Å². The SMILES string of the molecule is C[C@@H](N)[C@H]1CC[C@@H](C(=O)NCCCn2ccnc2)O1. The van der Waals surface area contributed by atoms with Crippen LogP contribution >= 0.6 is 0 Å². The van der Waals surface area contributed by atoms with E-state index in [-0.39, 0.29) is 24.2 Å². The summed E-state index contributed by atoms with van der Waals surface area (Å²) in [7, 11) is 0. The largest absolute Gasteiger partial charge is 0.364 e. The van der Waals surface area contributed by atoms with Crippen LogP contribution in [0.1, 0.15) is 26.2 Å². The van der Waals surface area contributed by atoms with Crippen LogP contribution < -0.4 is 11.1 Å². The number of aromatic nitrogens is 2. The van der Waals surface area contributed by atoms with Crippen LogP contribution in [-0.2, 0) is 16.1 Å². The van der Waals surface area contributed by atoms with Crippen LogP contribution in [0.25, 0.3) is 0 Å². The first kappa shape index (κ1) is 14.0. The fraction of sp³-hybridized carbons (Fsp3) is 0.692. The number of nitrogens with two attached hydrogens (primary N) is 1. The molecule has 106 valence electrons. The minimum atomic E-state index is -0.329. The second kappa shape index (κ2) is 6.68. The average molecular weight is 266 g/mol. The summed E-state index contributed by atoms with van der Waals surface area (Å²) in [6, 6.07) is -0.0148. The maximum absolute atomic E-state index is 11.9. The molecule has 1 amide bonds. The van der Waals surface area contributed by atoms with Crippen LogP contribution in [0.5, 0.6) is 0 Å². The van der Waals surface area contributed by atoms with Gasteiger partial charge in [0.15, 0.2) is 0 Å². The summed E-state index contributed by atoms with van der Waals surface area (Å²) in [5, 5.41) is 2.91. The Labute approximate surface area is 113 Å². The number of nitrogens with one attached hydrogen (secondary N) is 1. The lowest BCUT2D eigenvalue weighted by atomic mass is 10.1. The number of amides is 1. The van der Waals surface area contributed by atoms with Gasteiger partial charge in [-0.1, -0.05) is 0 Å². The summed E-state index contributed by atoms with van der Waals surface area (Å²) in [6.45, 7) is 3.42. The monoisotopic (exact) mass is 266 g/mol. The van der Waals surface area contributed by atoms with Crippen LogP contribution in [0.3, 0.4) is 0 Å². The molecule has 6 nitrogen and oxygen atoms in total. The second-order valence-electron chi connectivity index (χ2n) is 5.04. The zero-order chi connectivity index (χ0) is 13.7. The van der Waals surface area contributed by atoms with Crippen molar-refractivity contribution in [3.8, 4) is 0 Å². The number of carbonyl (C=O) groups excluding carboxylic acids is 1. The number of rotatable bonds is 6. The molecule has 19 heavy (non-hydrogen) atoms. The number of nitrogens with zero attached hydrogens (tertiary/aromatic N) is 2. The summed E-state index contributed by atoms with van der Waals surface area (Å²) >= 11 is 0. The minimum Gasteiger partial charge on any atom is -0.364 e. The van der Waals surface area contributed by atoms with Gasteiger partial charge in [-0.15, -0.1) is 0 Å². The topological polar surface area (TPSA) is 82.2 Å². The summed E-state index contributed by atoms with van der Waals surface area (Å²) in [5.74, 6) is -0.0196. The third-order valence-corrected chi connectivity index (χ3v) is 3.38. The van der Waals surface area contributed by atoms with Crippen molar-refractivity contribution in [1.82, 2.24) is 14.9 Å². The molecule has 0 bridgehead atoms. The molecule has 6 heteroatoms. The number of ether oxygens (including phenoxy) is 1. The first-order valence-electron chi connectivity index (χ1n) is 6.81. The standard InChI is InChI=1S/C13H22N4O2/c1-10(14)11-3-4-12(19-11)13(18)16-5-2-7-17-8-6-15-9-17/h6,8-12H,2-5,7,14H2,1H3,(H,16,18)/t10-,11-,12+/m1/s1. The number of carbonyl (C=O) groups is 1. The van der Waals surface area contributed by atoms with Crippen LogP contribution in [0.2, 0.25) is 0 Å². The number of hydrogen-bond donors (Lipinski definition) is 2. The first-order valence-corrected chi connectivity index (χ1v) is 6.81. The molecule has 3 N–H and O–H groups in total. The van der Waals surface area contributed by atoms with E-state index in [9.17, 15) is 4.79 Å². The van der Waals surface area contributed by atoms with E-state index in [4.69, 9.17) is 10.5 Å². The van der Waals surface area contributed by atoms with Crippen molar-refractivity contribution in [1.29, 1.82) is 0 Å². The van der Waals surface area contributed by atoms with E-state index < -0.39 is 0 Å². The Hall–Kier alpha value is -1.40. The third kappa shape index (κ3) is 4.04. The van der Waals surface area contributed by atoms with Gasteiger partial charge in [0.05, 0.1) is 12.4 Å². The van der Waals surface area contributed by atoms with Gasteiger partial charge in [0.2, 0.25) is 5.91 Å². The van der Waals surface area contributed by atoms with E-state index in [1.54, 1.807) is 12.5 Å². The van der Waals surface area contributed by atoms with Crippen molar-refractivity contribution in [3.63, 3.8) is 0 Å². The molecule has 1 fully saturated rings.